The summed E-state index contributed by atoms with van der Waals surface area (Å²) in [5.74, 6) is 5.11. The third kappa shape index (κ3) is 2.72. The number of ether oxygens (including phenoxy) is 1. The monoisotopic (exact) mass is 409 g/mol. The maximum atomic E-state index is 12.5. The number of hydrogen-bond donors (Lipinski definition) is 0. The summed E-state index contributed by atoms with van der Waals surface area (Å²) in [5, 5.41) is 0. The molecule has 0 bridgehead atoms. The summed E-state index contributed by atoms with van der Waals surface area (Å²) in [5.41, 5.74) is 2.22. The highest BCUT2D eigenvalue weighted by molar-refractivity contribution is 5.77. The molecule has 1 aliphatic heterocycles. The number of hydrogen-bond acceptors (Lipinski definition) is 2. The van der Waals surface area contributed by atoms with Gasteiger partial charge in [-0.05, 0) is 96.6 Å². The van der Waals surface area contributed by atoms with Crippen LogP contribution < -0.4 is 4.74 Å². The fraction of sp³-hybridized carbons (Fsp3) is 0.741. The van der Waals surface area contributed by atoms with Gasteiger partial charge in [0.2, 0.25) is 5.91 Å². The van der Waals surface area contributed by atoms with E-state index >= 15 is 0 Å². The molecule has 5 rings (SSSR count). The SMILES string of the molecule is COc1ccc([C@H]2CC[C@H]3[C@@H]4[C@@H](C)C[C@H]5N(C)C(=O)CC[C@]5(C)[C@H]4CC[C@]23C)cc1. The molecule has 164 valence electrons. The van der Waals surface area contributed by atoms with E-state index in [-0.39, 0.29) is 0 Å². The minimum atomic E-state index is 0.305. The molecule has 0 radical (unpaired) electrons. The first-order valence-electron chi connectivity index (χ1n) is 12.2. The highest BCUT2D eigenvalue weighted by Gasteiger charge is 2.62. The summed E-state index contributed by atoms with van der Waals surface area (Å²) in [4.78, 5) is 14.6. The van der Waals surface area contributed by atoms with Crippen LogP contribution >= 0.6 is 0 Å². The van der Waals surface area contributed by atoms with Crippen LogP contribution in [0.15, 0.2) is 24.3 Å². The lowest BCUT2D eigenvalue weighted by Crippen LogP contribution is -2.63. The van der Waals surface area contributed by atoms with Crippen molar-refractivity contribution >= 4 is 5.91 Å². The van der Waals surface area contributed by atoms with E-state index in [0.717, 1.165) is 36.3 Å². The van der Waals surface area contributed by atoms with E-state index in [9.17, 15) is 4.79 Å². The van der Waals surface area contributed by atoms with Gasteiger partial charge in [-0.3, -0.25) is 4.79 Å². The van der Waals surface area contributed by atoms with Gasteiger partial charge < -0.3 is 9.64 Å². The quantitative estimate of drug-likeness (QED) is 0.610. The molecule has 4 aliphatic rings. The van der Waals surface area contributed by atoms with Crippen molar-refractivity contribution in [2.24, 2.45) is 34.5 Å². The average molecular weight is 410 g/mol. The predicted octanol–water partition coefficient (Wildman–Crippen LogP) is 5.89. The summed E-state index contributed by atoms with van der Waals surface area (Å²) >= 11 is 0. The van der Waals surface area contributed by atoms with Crippen molar-refractivity contribution in [1.82, 2.24) is 4.90 Å². The Balaban J connectivity index is 1.45. The number of nitrogens with zero attached hydrogens (tertiary/aromatic N) is 1. The zero-order valence-corrected chi connectivity index (χ0v) is 19.5. The number of amides is 1. The first kappa shape index (κ1) is 20.4. The lowest BCUT2D eigenvalue weighted by atomic mass is 9.44. The summed E-state index contributed by atoms with van der Waals surface area (Å²) in [7, 11) is 3.82. The maximum absolute atomic E-state index is 12.5. The molecule has 3 nitrogen and oxygen atoms in total. The number of piperidine rings is 1. The molecular weight excluding hydrogens is 370 g/mol. The van der Waals surface area contributed by atoms with Crippen LogP contribution in [0.3, 0.4) is 0 Å². The predicted molar refractivity (Wildman–Crippen MR) is 120 cm³/mol. The second kappa shape index (κ2) is 7.00. The van der Waals surface area contributed by atoms with Crippen molar-refractivity contribution in [2.75, 3.05) is 14.2 Å². The van der Waals surface area contributed by atoms with Crippen LogP contribution in [0.1, 0.15) is 77.2 Å². The Bertz CT molecular complexity index is 819. The van der Waals surface area contributed by atoms with Crippen molar-refractivity contribution in [1.29, 1.82) is 0 Å². The Hall–Kier alpha value is -1.51. The van der Waals surface area contributed by atoms with Crippen LogP contribution in [-0.4, -0.2) is 31.0 Å². The van der Waals surface area contributed by atoms with Gasteiger partial charge >= 0.3 is 0 Å². The van der Waals surface area contributed by atoms with E-state index in [0.29, 0.717) is 34.6 Å². The van der Waals surface area contributed by atoms with E-state index in [4.69, 9.17) is 4.74 Å². The number of benzene rings is 1. The van der Waals surface area contributed by atoms with Gasteiger partial charge in [-0.25, -0.2) is 0 Å². The lowest BCUT2D eigenvalue weighted by Gasteiger charge is -2.63. The first-order chi connectivity index (χ1) is 14.3. The molecule has 8 atom stereocenters. The summed E-state index contributed by atoms with van der Waals surface area (Å²) < 4.78 is 5.40. The van der Waals surface area contributed by atoms with E-state index in [2.05, 4.69) is 57.0 Å². The first-order valence-corrected chi connectivity index (χ1v) is 12.2. The number of fused-ring (bicyclic) bond motifs is 5. The highest BCUT2D eigenvalue weighted by Crippen LogP contribution is 2.68. The zero-order chi connectivity index (χ0) is 21.3. The van der Waals surface area contributed by atoms with Gasteiger partial charge in [-0.1, -0.05) is 32.9 Å². The third-order valence-electron chi connectivity index (χ3n) is 10.4. The number of carbonyl (C=O) groups is 1. The largest absolute Gasteiger partial charge is 0.497 e. The Labute approximate surface area is 182 Å². The molecule has 1 aromatic rings. The van der Waals surface area contributed by atoms with Crippen molar-refractivity contribution in [3.05, 3.63) is 29.8 Å². The minimum absolute atomic E-state index is 0.305. The van der Waals surface area contributed by atoms with Gasteiger partial charge in [0.1, 0.15) is 5.75 Å². The standard InChI is InChI=1S/C27H39NO2/c1-17-16-23-27(3,15-13-24(29)28(23)4)22-12-14-26(2)20(10-11-21(26)25(17)22)18-6-8-19(30-5)9-7-18/h6-9,17,20-23,25H,10-16H2,1-5H3/t17-,20+,21-,22-,23+,25-,26+,27+/m0/s1. The van der Waals surface area contributed by atoms with Gasteiger partial charge in [0, 0.05) is 19.5 Å². The molecule has 0 spiro atoms. The van der Waals surface area contributed by atoms with Crippen LogP contribution in [0, 0.1) is 34.5 Å². The Kier molecular flexibility index (Phi) is 4.76. The van der Waals surface area contributed by atoms with Gasteiger partial charge in [-0.2, -0.15) is 0 Å². The van der Waals surface area contributed by atoms with Crippen molar-refractivity contribution in [3.63, 3.8) is 0 Å². The Morgan fingerprint density at radius 1 is 1.00 bits per heavy atom. The summed E-state index contributed by atoms with van der Waals surface area (Å²) in [6, 6.07) is 9.35. The van der Waals surface area contributed by atoms with E-state index in [1.807, 2.05) is 0 Å². The summed E-state index contributed by atoms with van der Waals surface area (Å²) in [6.07, 6.45) is 8.40. The minimum Gasteiger partial charge on any atom is -0.497 e. The Morgan fingerprint density at radius 2 is 1.70 bits per heavy atom. The molecule has 0 N–H and O–H groups in total. The molecule has 1 aromatic carbocycles. The molecule has 3 heteroatoms. The fourth-order valence-electron chi connectivity index (χ4n) is 8.85. The van der Waals surface area contributed by atoms with Gasteiger partial charge in [0.25, 0.3) is 0 Å². The van der Waals surface area contributed by atoms with E-state index in [1.165, 1.54) is 37.7 Å². The molecular formula is C27H39NO2. The number of carbonyl (C=O) groups excluding carboxylic acids is 1. The number of likely N-dealkylation sites (tertiary alicyclic amines) is 1. The third-order valence-corrected chi connectivity index (χ3v) is 10.4. The Morgan fingerprint density at radius 3 is 2.40 bits per heavy atom. The molecule has 1 heterocycles. The molecule has 30 heavy (non-hydrogen) atoms. The van der Waals surface area contributed by atoms with Crippen LogP contribution in [0.25, 0.3) is 0 Å². The smallest absolute Gasteiger partial charge is 0.222 e. The second-order valence-electron chi connectivity index (χ2n) is 11.5. The van der Waals surface area contributed by atoms with E-state index in [1.54, 1.807) is 7.11 Å². The second-order valence-corrected chi connectivity index (χ2v) is 11.5. The number of methoxy groups -OCH3 is 1. The topological polar surface area (TPSA) is 29.5 Å². The summed E-state index contributed by atoms with van der Waals surface area (Å²) in [6.45, 7) is 7.63. The molecule has 1 amide bonds. The van der Waals surface area contributed by atoms with Crippen LogP contribution in [0.5, 0.6) is 5.75 Å². The molecule has 0 unspecified atom stereocenters. The van der Waals surface area contributed by atoms with Crippen molar-refractivity contribution in [3.8, 4) is 5.75 Å². The average Bonchev–Trinajstić information content (AvgIpc) is 3.10. The normalized spacial score (nSPS) is 45.5. The molecule has 3 saturated carbocycles. The van der Waals surface area contributed by atoms with Crippen LogP contribution in [-0.2, 0) is 4.79 Å². The molecule has 0 aromatic heterocycles. The van der Waals surface area contributed by atoms with Crippen LogP contribution in [0.4, 0.5) is 0 Å². The molecule has 3 aliphatic carbocycles. The molecule has 4 fully saturated rings. The number of rotatable bonds is 2. The van der Waals surface area contributed by atoms with E-state index < -0.39 is 0 Å². The highest BCUT2D eigenvalue weighted by atomic mass is 16.5. The fourth-order valence-corrected chi connectivity index (χ4v) is 8.85. The molecule has 1 saturated heterocycles. The van der Waals surface area contributed by atoms with Crippen molar-refractivity contribution < 1.29 is 9.53 Å². The maximum Gasteiger partial charge on any atom is 0.222 e. The van der Waals surface area contributed by atoms with Gasteiger partial charge in [0.05, 0.1) is 7.11 Å². The zero-order valence-electron chi connectivity index (χ0n) is 19.5. The van der Waals surface area contributed by atoms with Gasteiger partial charge in [-0.15, -0.1) is 0 Å². The van der Waals surface area contributed by atoms with Crippen molar-refractivity contribution in [2.45, 2.75) is 77.7 Å². The van der Waals surface area contributed by atoms with Crippen LogP contribution in [0.2, 0.25) is 0 Å². The van der Waals surface area contributed by atoms with Gasteiger partial charge in [0.15, 0.2) is 0 Å². The lowest BCUT2D eigenvalue weighted by molar-refractivity contribution is -0.165.